The molecule has 0 unspecified atom stereocenters. The smallest absolute Gasteiger partial charge is 0.0949 e. The minimum absolute atomic E-state index is 0.483. The zero-order chi connectivity index (χ0) is 12.1. The number of pyridine rings is 1. The number of hydrogen-bond acceptors (Lipinski definition) is 3. The van der Waals surface area contributed by atoms with E-state index in [1.54, 1.807) is 6.20 Å². The van der Waals surface area contributed by atoms with Crippen LogP contribution in [-0.2, 0) is 13.1 Å². The molecular weight excluding hydrogens is 212 g/mol. The lowest BCUT2D eigenvalue weighted by Crippen LogP contribution is -2.23. The lowest BCUT2D eigenvalue weighted by molar-refractivity contribution is 0.582. The molecule has 2 rings (SSSR count). The molecule has 90 valence electrons. The van der Waals surface area contributed by atoms with E-state index in [1.165, 1.54) is 5.56 Å². The molecule has 0 atom stereocenters. The standard InChI is InChI=1S/C13H18N4/c1-11(2)16-8-12-4-3-5-15-13(12)9-17-7-6-14-10-17/h3-7,10-11,16H,8-9H2,1-2H3. The molecule has 0 saturated heterocycles. The first-order chi connectivity index (χ1) is 8.25. The van der Waals surface area contributed by atoms with E-state index in [1.807, 2.05) is 29.4 Å². The summed E-state index contributed by atoms with van der Waals surface area (Å²) in [5, 5.41) is 3.42. The molecule has 0 aliphatic carbocycles. The second kappa shape index (κ2) is 5.59. The summed E-state index contributed by atoms with van der Waals surface area (Å²) in [6.45, 7) is 5.92. The van der Waals surface area contributed by atoms with E-state index in [9.17, 15) is 0 Å². The number of nitrogens with zero attached hydrogens (tertiary/aromatic N) is 3. The van der Waals surface area contributed by atoms with Gasteiger partial charge in [0.05, 0.1) is 18.6 Å². The number of hydrogen-bond donors (Lipinski definition) is 1. The first kappa shape index (κ1) is 11.8. The van der Waals surface area contributed by atoms with Crippen molar-refractivity contribution < 1.29 is 0 Å². The first-order valence-corrected chi connectivity index (χ1v) is 5.87. The largest absolute Gasteiger partial charge is 0.331 e. The summed E-state index contributed by atoms with van der Waals surface area (Å²) >= 11 is 0. The van der Waals surface area contributed by atoms with Gasteiger partial charge in [0, 0.05) is 31.2 Å². The van der Waals surface area contributed by atoms with Crippen LogP contribution in [-0.4, -0.2) is 20.6 Å². The Bertz CT molecular complexity index is 448. The Morgan fingerprint density at radius 2 is 2.24 bits per heavy atom. The van der Waals surface area contributed by atoms with Crippen molar-refractivity contribution in [1.29, 1.82) is 0 Å². The van der Waals surface area contributed by atoms with Crippen LogP contribution in [0.4, 0.5) is 0 Å². The fraction of sp³-hybridized carbons (Fsp3) is 0.385. The summed E-state index contributed by atoms with van der Waals surface area (Å²) < 4.78 is 2.03. The van der Waals surface area contributed by atoms with Crippen LogP contribution in [0.25, 0.3) is 0 Å². The molecule has 0 fully saturated rings. The van der Waals surface area contributed by atoms with E-state index in [4.69, 9.17) is 0 Å². The van der Waals surface area contributed by atoms with Crippen molar-refractivity contribution in [3.63, 3.8) is 0 Å². The fourth-order valence-electron chi connectivity index (χ4n) is 1.64. The predicted octanol–water partition coefficient (Wildman–Crippen LogP) is 1.82. The van der Waals surface area contributed by atoms with Crippen LogP contribution in [0.3, 0.4) is 0 Å². The average molecular weight is 230 g/mol. The highest BCUT2D eigenvalue weighted by Crippen LogP contribution is 2.07. The highest BCUT2D eigenvalue weighted by atomic mass is 15.0. The van der Waals surface area contributed by atoms with Gasteiger partial charge in [-0.2, -0.15) is 0 Å². The summed E-state index contributed by atoms with van der Waals surface area (Å²) in [6.07, 6.45) is 7.39. The third-order valence-corrected chi connectivity index (χ3v) is 2.58. The van der Waals surface area contributed by atoms with Crippen molar-refractivity contribution in [2.75, 3.05) is 0 Å². The maximum Gasteiger partial charge on any atom is 0.0949 e. The Balaban J connectivity index is 2.10. The molecule has 0 spiro atoms. The maximum absolute atomic E-state index is 4.44. The highest BCUT2D eigenvalue weighted by molar-refractivity contribution is 5.20. The predicted molar refractivity (Wildman–Crippen MR) is 67.5 cm³/mol. The van der Waals surface area contributed by atoms with Gasteiger partial charge in [0.25, 0.3) is 0 Å². The Kier molecular flexibility index (Phi) is 3.88. The summed E-state index contributed by atoms with van der Waals surface area (Å²) in [4.78, 5) is 8.48. The van der Waals surface area contributed by atoms with Gasteiger partial charge in [0.2, 0.25) is 0 Å². The number of rotatable bonds is 5. The maximum atomic E-state index is 4.44. The van der Waals surface area contributed by atoms with Gasteiger partial charge in [-0.1, -0.05) is 19.9 Å². The number of aromatic nitrogens is 3. The summed E-state index contributed by atoms with van der Waals surface area (Å²) in [7, 11) is 0. The monoisotopic (exact) mass is 230 g/mol. The van der Waals surface area contributed by atoms with Gasteiger partial charge in [-0.3, -0.25) is 4.98 Å². The van der Waals surface area contributed by atoms with E-state index in [2.05, 4.69) is 35.2 Å². The molecule has 2 aromatic heterocycles. The van der Waals surface area contributed by atoms with Gasteiger partial charge < -0.3 is 9.88 Å². The number of nitrogens with one attached hydrogen (secondary N) is 1. The lowest BCUT2D eigenvalue weighted by Gasteiger charge is -2.12. The van der Waals surface area contributed by atoms with Crippen LogP contribution in [0.5, 0.6) is 0 Å². The van der Waals surface area contributed by atoms with Gasteiger partial charge in [0.15, 0.2) is 0 Å². The minimum atomic E-state index is 0.483. The minimum Gasteiger partial charge on any atom is -0.331 e. The van der Waals surface area contributed by atoms with E-state index in [0.29, 0.717) is 6.04 Å². The normalized spacial score (nSPS) is 11.0. The topological polar surface area (TPSA) is 42.7 Å². The average Bonchev–Trinajstić information content (AvgIpc) is 2.80. The van der Waals surface area contributed by atoms with Crippen molar-refractivity contribution in [3.8, 4) is 0 Å². The molecule has 1 N–H and O–H groups in total. The third-order valence-electron chi connectivity index (χ3n) is 2.58. The van der Waals surface area contributed by atoms with Gasteiger partial charge in [-0.05, 0) is 11.6 Å². The molecule has 0 bridgehead atoms. The van der Waals surface area contributed by atoms with Crippen molar-refractivity contribution >= 4 is 0 Å². The molecule has 0 saturated carbocycles. The molecule has 0 radical (unpaired) electrons. The van der Waals surface area contributed by atoms with Crippen LogP contribution >= 0.6 is 0 Å². The fourth-order valence-corrected chi connectivity index (χ4v) is 1.64. The molecule has 0 amide bonds. The zero-order valence-electron chi connectivity index (χ0n) is 10.3. The lowest BCUT2D eigenvalue weighted by atomic mass is 10.2. The quantitative estimate of drug-likeness (QED) is 0.852. The summed E-state index contributed by atoms with van der Waals surface area (Å²) in [5.74, 6) is 0. The van der Waals surface area contributed by atoms with E-state index in [0.717, 1.165) is 18.8 Å². The van der Waals surface area contributed by atoms with Crippen LogP contribution in [0.2, 0.25) is 0 Å². The van der Waals surface area contributed by atoms with Crippen LogP contribution in [0.15, 0.2) is 37.1 Å². The third kappa shape index (κ3) is 3.39. The Morgan fingerprint density at radius 1 is 1.35 bits per heavy atom. The second-order valence-electron chi connectivity index (χ2n) is 4.38. The highest BCUT2D eigenvalue weighted by Gasteiger charge is 2.04. The molecule has 2 heterocycles. The van der Waals surface area contributed by atoms with Gasteiger partial charge >= 0.3 is 0 Å². The van der Waals surface area contributed by atoms with E-state index >= 15 is 0 Å². The molecule has 17 heavy (non-hydrogen) atoms. The molecule has 4 heteroatoms. The van der Waals surface area contributed by atoms with Crippen LogP contribution in [0.1, 0.15) is 25.1 Å². The summed E-state index contributed by atoms with van der Waals surface area (Å²) in [5.41, 5.74) is 2.34. The molecule has 0 aromatic carbocycles. The van der Waals surface area contributed by atoms with Gasteiger partial charge in [-0.15, -0.1) is 0 Å². The van der Waals surface area contributed by atoms with Gasteiger partial charge in [0.1, 0.15) is 0 Å². The van der Waals surface area contributed by atoms with E-state index < -0.39 is 0 Å². The molecule has 2 aromatic rings. The van der Waals surface area contributed by atoms with Crippen molar-refractivity contribution in [2.24, 2.45) is 0 Å². The second-order valence-corrected chi connectivity index (χ2v) is 4.38. The van der Waals surface area contributed by atoms with Crippen molar-refractivity contribution in [1.82, 2.24) is 19.9 Å². The summed E-state index contributed by atoms with van der Waals surface area (Å²) in [6, 6.07) is 4.58. The zero-order valence-corrected chi connectivity index (χ0v) is 10.3. The van der Waals surface area contributed by atoms with Crippen molar-refractivity contribution in [3.05, 3.63) is 48.3 Å². The van der Waals surface area contributed by atoms with Crippen LogP contribution in [0, 0.1) is 0 Å². The molecule has 0 aliphatic rings. The van der Waals surface area contributed by atoms with Crippen LogP contribution < -0.4 is 5.32 Å². The SMILES string of the molecule is CC(C)NCc1cccnc1Cn1ccnc1. The molecule has 0 aliphatic heterocycles. The Morgan fingerprint density at radius 3 is 2.94 bits per heavy atom. The Hall–Kier alpha value is -1.68. The van der Waals surface area contributed by atoms with Crippen molar-refractivity contribution in [2.45, 2.75) is 33.0 Å². The Labute approximate surface area is 102 Å². The first-order valence-electron chi connectivity index (χ1n) is 5.87. The van der Waals surface area contributed by atoms with E-state index in [-0.39, 0.29) is 0 Å². The number of imidazole rings is 1. The molecular formula is C13H18N4. The molecule has 4 nitrogen and oxygen atoms in total. The van der Waals surface area contributed by atoms with Gasteiger partial charge in [-0.25, -0.2) is 4.98 Å².